The minimum atomic E-state index is -2.87. The Morgan fingerprint density at radius 3 is 2.83 bits per heavy atom. The highest BCUT2D eigenvalue weighted by Crippen LogP contribution is 2.29. The monoisotopic (exact) mass is 319 g/mol. The van der Waals surface area contributed by atoms with Gasteiger partial charge in [-0.25, -0.2) is 0 Å². The Morgan fingerprint density at radius 2 is 2.22 bits per heavy atom. The molecule has 98 valence electrons. The molecule has 1 N–H and O–H groups in total. The Labute approximate surface area is 112 Å². The van der Waals surface area contributed by atoms with E-state index in [1.54, 1.807) is 12.1 Å². The summed E-state index contributed by atoms with van der Waals surface area (Å²) in [6.07, 6.45) is 1.81. The number of alkyl halides is 2. The van der Waals surface area contributed by atoms with Crippen LogP contribution in [-0.4, -0.2) is 12.5 Å². The third-order valence-corrected chi connectivity index (χ3v) is 3.13. The van der Waals surface area contributed by atoms with Crippen molar-refractivity contribution in [3.05, 3.63) is 28.2 Å². The van der Waals surface area contributed by atoms with E-state index in [0.29, 0.717) is 5.56 Å². The molecule has 0 heterocycles. The molecule has 1 aliphatic carbocycles. The van der Waals surface area contributed by atoms with Gasteiger partial charge >= 0.3 is 6.61 Å². The molecule has 0 spiro atoms. The van der Waals surface area contributed by atoms with E-state index in [9.17, 15) is 13.6 Å². The van der Waals surface area contributed by atoms with Crippen molar-refractivity contribution in [1.29, 1.82) is 0 Å². The van der Waals surface area contributed by atoms with Gasteiger partial charge in [0.2, 0.25) is 5.91 Å². The second kappa shape index (κ2) is 5.65. The average molecular weight is 320 g/mol. The minimum Gasteiger partial charge on any atom is -0.434 e. The predicted octanol–water partition coefficient (Wildman–Crippen LogP) is 3.08. The molecule has 0 bridgehead atoms. The van der Waals surface area contributed by atoms with Gasteiger partial charge in [0.1, 0.15) is 5.75 Å². The molecule has 0 aromatic heterocycles. The highest BCUT2D eigenvalue weighted by Gasteiger charge is 2.29. The number of hydrogen-bond acceptors (Lipinski definition) is 2. The highest BCUT2D eigenvalue weighted by molar-refractivity contribution is 9.10. The van der Waals surface area contributed by atoms with Crippen molar-refractivity contribution >= 4 is 21.8 Å². The van der Waals surface area contributed by atoms with Crippen molar-refractivity contribution in [3.63, 3.8) is 0 Å². The Balaban J connectivity index is 2.03. The van der Waals surface area contributed by atoms with Gasteiger partial charge < -0.3 is 10.1 Å². The number of ether oxygens (including phenoxy) is 1. The SMILES string of the molecule is O=C(NCc1cc(Br)ccc1OC(F)F)C1CC1. The fourth-order valence-corrected chi connectivity index (χ4v) is 1.98. The fourth-order valence-electron chi connectivity index (χ4n) is 1.57. The second-order valence-corrected chi connectivity index (χ2v) is 5.04. The molecule has 0 saturated heterocycles. The largest absolute Gasteiger partial charge is 0.434 e. The van der Waals surface area contributed by atoms with E-state index >= 15 is 0 Å². The molecule has 2 rings (SSSR count). The van der Waals surface area contributed by atoms with Crippen molar-refractivity contribution in [3.8, 4) is 5.75 Å². The van der Waals surface area contributed by atoms with E-state index in [2.05, 4.69) is 26.0 Å². The number of halogens is 3. The maximum atomic E-state index is 12.2. The highest BCUT2D eigenvalue weighted by atomic mass is 79.9. The molecular weight excluding hydrogens is 308 g/mol. The molecular formula is C12H12BrF2NO2. The quantitative estimate of drug-likeness (QED) is 0.905. The Kier molecular flexibility index (Phi) is 4.16. The van der Waals surface area contributed by atoms with Crippen molar-refractivity contribution in [2.75, 3.05) is 0 Å². The van der Waals surface area contributed by atoms with Crippen LogP contribution in [0.4, 0.5) is 8.78 Å². The number of carbonyl (C=O) groups excluding carboxylic acids is 1. The molecule has 1 aromatic rings. The molecule has 6 heteroatoms. The van der Waals surface area contributed by atoms with Crippen LogP contribution in [0.15, 0.2) is 22.7 Å². The lowest BCUT2D eigenvalue weighted by molar-refractivity contribution is -0.122. The smallest absolute Gasteiger partial charge is 0.387 e. The van der Waals surface area contributed by atoms with E-state index < -0.39 is 6.61 Å². The first kappa shape index (κ1) is 13.3. The van der Waals surface area contributed by atoms with E-state index in [1.807, 2.05) is 0 Å². The minimum absolute atomic E-state index is 0.0297. The van der Waals surface area contributed by atoms with Crippen LogP contribution in [0.25, 0.3) is 0 Å². The zero-order valence-corrected chi connectivity index (χ0v) is 11.0. The number of carbonyl (C=O) groups is 1. The van der Waals surface area contributed by atoms with Crippen LogP contribution in [-0.2, 0) is 11.3 Å². The predicted molar refractivity (Wildman–Crippen MR) is 65.3 cm³/mol. The second-order valence-electron chi connectivity index (χ2n) is 4.12. The van der Waals surface area contributed by atoms with Crippen LogP contribution < -0.4 is 10.1 Å². The lowest BCUT2D eigenvalue weighted by Gasteiger charge is -2.12. The molecule has 1 fully saturated rings. The fraction of sp³-hybridized carbons (Fsp3) is 0.417. The number of amides is 1. The maximum Gasteiger partial charge on any atom is 0.387 e. The average Bonchev–Trinajstić information content (AvgIpc) is 3.12. The summed E-state index contributed by atoms with van der Waals surface area (Å²) >= 11 is 3.26. The first-order chi connectivity index (χ1) is 8.56. The lowest BCUT2D eigenvalue weighted by Crippen LogP contribution is -2.24. The van der Waals surface area contributed by atoms with Gasteiger partial charge in [-0.2, -0.15) is 8.78 Å². The Hall–Kier alpha value is -1.17. The standard InChI is InChI=1S/C12H12BrF2NO2/c13-9-3-4-10(18-12(14)15)8(5-9)6-16-11(17)7-1-2-7/h3-5,7,12H,1-2,6H2,(H,16,17). The first-order valence-corrected chi connectivity index (χ1v) is 6.36. The van der Waals surface area contributed by atoms with Gasteiger partial charge in [-0.1, -0.05) is 15.9 Å². The molecule has 0 radical (unpaired) electrons. The van der Waals surface area contributed by atoms with Gasteiger partial charge in [0.15, 0.2) is 0 Å². The van der Waals surface area contributed by atoms with Gasteiger partial charge in [-0.15, -0.1) is 0 Å². The third kappa shape index (κ3) is 3.66. The summed E-state index contributed by atoms with van der Waals surface area (Å²) in [5.41, 5.74) is 0.527. The van der Waals surface area contributed by atoms with Crippen molar-refractivity contribution in [2.24, 2.45) is 5.92 Å². The molecule has 0 unspecified atom stereocenters. The van der Waals surface area contributed by atoms with E-state index in [4.69, 9.17) is 0 Å². The Morgan fingerprint density at radius 1 is 1.50 bits per heavy atom. The van der Waals surface area contributed by atoms with Crippen molar-refractivity contribution in [2.45, 2.75) is 26.0 Å². The number of rotatable bonds is 5. The van der Waals surface area contributed by atoms with Crippen LogP contribution in [0, 0.1) is 5.92 Å². The molecule has 1 aliphatic rings. The maximum absolute atomic E-state index is 12.2. The molecule has 0 aliphatic heterocycles. The van der Waals surface area contributed by atoms with Crippen molar-refractivity contribution in [1.82, 2.24) is 5.32 Å². The van der Waals surface area contributed by atoms with Crippen LogP contribution in [0.2, 0.25) is 0 Å². The summed E-state index contributed by atoms with van der Waals surface area (Å²) in [4.78, 5) is 11.5. The molecule has 18 heavy (non-hydrogen) atoms. The Bertz CT molecular complexity index is 450. The lowest BCUT2D eigenvalue weighted by atomic mass is 10.2. The molecule has 0 atom stereocenters. The van der Waals surface area contributed by atoms with Gasteiger partial charge in [0.05, 0.1) is 0 Å². The van der Waals surface area contributed by atoms with Crippen LogP contribution >= 0.6 is 15.9 Å². The van der Waals surface area contributed by atoms with E-state index in [0.717, 1.165) is 17.3 Å². The third-order valence-electron chi connectivity index (χ3n) is 2.64. The number of hydrogen-bond donors (Lipinski definition) is 1. The summed E-state index contributed by atoms with van der Waals surface area (Å²) in [5.74, 6) is 0.152. The van der Waals surface area contributed by atoms with Crippen LogP contribution in [0.1, 0.15) is 18.4 Å². The summed E-state index contributed by atoms with van der Waals surface area (Å²) < 4.78 is 29.6. The zero-order chi connectivity index (χ0) is 13.1. The molecule has 3 nitrogen and oxygen atoms in total. The van der Waals surface area contributed by atoms with E-state index in [-0.39, 0.29) is 24.1 Å². The normalized spacial score (nSPS) is 14.7. The molecule has 1 aromatic carbocycles. The van der Waals surface area contributed by atoms with E-state index in [1.165, 1.54) is 6.07 Å². The summed E-state index contributed by atoms with van der Waals surface area (Å²) in [5, 5.41) is 2.72. The summed E-state index contributed by atoms with van der Waals surface area (Å²) in [7, 11) is 0. The summed E-state index contributed by atoms with van der Waals surface area (Å²) in [6, 6.07) is 4.73. The summed E-state index contributed by atoms with van der Waals surface area (Å²) in [6.45, 7) is -2.68. The van der Waals surface area contributed by atoms with Gasteiger partial charge in [-0.3, -0.25) is 4.79 Å². The van der Waals surface area contributed by atoms with Gasteiger partial charge in [0.25, 0.3) is 0 Å². The van der Waals surface area contributed by atoms with Crippen molar-refractivity contribution < 1.29 is 18.3 Å². The topological polar surface area (TPSA) is 38.3 Å². The molecule has 1 saturated carbocycles. The van der Waals surface area contributed by atoms with Gasteiger partial charge in [-0.05, 0) is 31.0 Å². The zero-order valence-electron chi connectivity index (χ0n) is 9.46. The first-order valence-electron chi connectivity index (χ1n) is 5.57. The van der Waals surface area contributed by atoms with Crippen LogP contribution in [0.3, 0.4) is 0 Å². The molecule has 1 amide bonds. The van der Waals surface area contributed by atoms with Gasteiger partial charge in [0, 0.05) is 22.5 Å². The number of benzene rings is 1. The number of nitrogens with one attached hydrogen (secondary N) is 1. The van der Waals surface area contributed by atoms with Crippen LogP contribution in [0.5, 0.6) is 5.75 Å².